The van der Waals surface area contributed by atoms with Crippen LogP contribution in [-0.2, 0) is 6.54 Å². The Balaban J connectivity index is 2.10. The first-order valence-electron chi connectivity index (χ1n) is 5.91. The average molecular weight is 246 g/mol. The van der Waals surface area contributed by atoms with Gasteiger partial charge >= 0.3 is 0 Å². The smallest absolute Gasteiger partial charge is 0.0844 e. The summed E-state index contributed by atoms with van der Waals surface area (Å²) in [6.07, 6.45) is 0. The quantitative estimate of drug-likeness (QED) is 0.891. The van der Waals surface area contributed by atoms with Crippen LogP contribution in [0.3, 0.4) is 0 Å². The van der Waals surface area contributed by atoms with Crippen molar-refractivity contribution in [1.29, 1.82) is 0 Å². The van der Waals surface area contributed by atoms with Crippen LogP contribution in [0.1, 0.15) is 24.3 Å². The van der Waals surface area contributed by atoms with Crippen LogP contribution in [0, 0.1) is 6.92 Å². The molecule has 17 heavy (non-hydrogen) atoms. The van der Waals surface area contributed by atoms with Gasteiger partial charge in [0.1, 0.15) is 0 Å². The number of nitrogens with zero attached hydrogens (tertiary/aromatic N) is 1. The summed E-state index contributed by atoms with van der Waals surface area (Å²) < 4.78 is 4.50. The van der Waals surface area contributed by atoms with Crippen LogP contribution < -0.4 is 5.32 Å². The molecule has 1 aromatic heterocycles. The molecule has 0 atom stereocenters. The molecule has 0 aliphatic heterocycles. The molecule has 0 saturated carbocycles. The maximum absolute atomic E-state index is 4.50. The molecule has 0 saturated heterocycles. The van der Waals surface area contributed by atoms with Crippen molar-refractivity contribution in [3.05, 3.63) is 40.8 Å². The molecule has 0 bridgehead atoms. The van der Waals surface area contributed by atoms with Crippen LogP contribution in [0.5, 0.6) is 0 Å². The normalized spacial score (nSPS) is 11.1. The predicted octanol–water partition coefficient (Wildman–Crippen LogP) is 3.62. The molecule has 0 aliphatic carbocycles. The molecule has 0 radical (unpaired) electrons. The molecule has 1 N–H and O–H groups in total. The summed E-state index contributed by atoms with van der Waals surface area (Å²) in [5, 5.41) is 3.41. The van der Waals surface area contributed by atoms with Gasteiger partial charge in [0.05, 0.1) is 5.69 Å². The van der Waals surface area contributed by atoms with Crippen molar-refractivity contribution < 1.29 is 0 Å². The summed E-state index contributed by atoms with van der Waals surface area (Å²) >= 11 is 1.58. The second kappa shape index (κ2) is 5.43. The molecule has 0 fully saturated rings. The number of nitrogens with one attached hydrogen (secondary N) is 1. The maximum atomic E-state index is 4.50. The maximum Gasteiger partial charge on any atom is 0.0844 e. The molecular weight excluding hydrogens is 228 g/mol. The van der Waals surface area contributed by atoms with E-state index in [1.54, 1.807) is 11.5 Å². The zero-order valence-electron chi connectivity index (χ0n) is 10.5. The minimum atomic E-state index is 0.514. The molecule has 0 unspecified atom stereocenters. The first-order chi connectivity index (χ1) is 8.15. The lowest BCUT2D eigenvalue weighted by Gasteiger charge is -2.04. The third-order valence-electron chi connectivity index (χ3n) is 2.59. The number of hydrogen-bond acceptors (Lipinski definition) is 3. The number of benzene rings is 1. The Morgan fingerprint density at radius 3 is 2.59 bits per heavy atom. The fourth-order valence-corrected chi connectivity index (χ4v) is 2.25. The summed E-state index contributed by atoms with van der Waals surface area (Å²) in [6.45, 7) is 7.31. The van der Waals surface area contributed by atoms with E-state index in [4.69, 9.17) is 0 Å². The Kier molecular flexibility index (Phi) is 3.92. The van der Waals surface area contributed by atoms with Crippen LogP contribution >= 0.6 is 11.5 Å². The molecule has 3 heteroatoms. The van der Waals surface area contributed by atoms with E-state index >= 15 is 0 Å². The second-order valence-corrected chi connectivity index (χ2v) is 5.47. The van der Waals surface area contributed by atoms with Crippen LogP contribution in [-0.4, -0.2) is 10.4 Å². The van der Waals surface area contributed by atoms with Crippen LogP contribution in [0.4, 0.5) is 0 Å². The zero-order valence-corrected chi connectivity index (χ0v) is 11.3. The average Bonchev–Trinajstić information content (AvgIpc) is 2.76. The standard InChI is InChI=1S/C14H18N2S/c1-10(2)15-9-13-8-14(16-17-13)12-6-4-11(3)5-7-12/h4-8,10,15H,9H2,1-3H3. The monoisotopic (exact) mass is 246 g/mol. The number of aryl methyl sites for hydroxylation is 1. The van der Waals surface area contributed by atoms with E-state index in [2.05, 4.69) is 60.8 Å². The van der Waals surface area contributed by atoms with Crippen molar-refractivity contribution in [2.45, 2.75) is 33.4 Å². The van der Waals surface area contributed by atoms with Crippen molar-refractivity contribution in [3.8, 4) is 11.3 Å². The first kappa shape index (κ1) is 12.3. The topological polar surface area (TPSA) is 24.9 Å². The van der Waals surface area contributed by atoms with Gasteiger partial charge < -0.3 is 5.32 Å². The van der Waals surface area contributed by atoms with E-state index < -0.39 is 0 Å². The van der Waals surface area contributed by atoms with Gasteiger partial charge in [-0.05, 0) is 24.5 Å². The minimum Gasteiger partial charge on any atom is -0.310 e. The summed E-state index contributed by atoms with van der Waals surface area (Å²) in [5.41, 5.74) is 3.56. The first-order valence-corrected chi connectivity index (χ1v) is 6.68. The molecule has 1 heterocycles. The Morgan fingerprint density at radius 1 is 1.24 bits per heavy atom. The lowest BCUT2D eigenvalue weighted by molar-refractivity contribution is 0.593. The Labute approximate surface area is 107 Å². The summed E-state index contributed by atoms with van der Waals surface area (Å²) in [4.78, 5) is 1.29. The number of aromatic nitrogens is 1. The van der Waals surface area contributed by atoms with Gasteiger partial charge in [-0.25, -0.2) is 0 Å². The van der Waals surface area contributed by atoms with Gasteiger partial charge in [0.15, 0.2) is 0 Å². The van der Waals surface area contributed by atoms with E-state index in [9.17, 15) is 0 Å². The van der Waals surface area contributed by atoms with E-state index in [0.717, 1.165) is 12.2 Å². The van der Waals surface area contributed by atoms with Gasteiger partial charge in [0, 0.05) is 23.0 Å². The molecule has 2 rings (SSSR count). The molecule has 2 nitrogen and oxygen atoms in total. The number of hydrogen-bond donors (Lipinski definition) is 1. The fraction of sp³-hybridized carbons (Fsp3) is 0.357. The molecule has 90 valence electrons. The SMILES string of the molecule is Cc1ccc(-c2cc(CNC(C)C)sn2)cc1. The molecule has 0 spiro atoms. The van der Waals surface area contributed by atoms with Gasteiger partial charge in [-0.3, -0.25) is 0 Å². The highest BCUT2D eigenvalue weighted by Crippen LogP contribution is 2.22. The van der Waals surface area contributed by atoms with E-state index in [-0.39, 0.29) is 0 Å². The summed E-state index contributed by atoms with van der Waals surface area (Å²) in [6, 6.07) is 11.2. The van der Waals surface area contributed by atoms with Gasteiger partial charge in [0.25, 0.3) is 0 Å². The van der Waals surface area contributed by atoms with Gasteiger partial charge in [-0.1, -0.05) is 43.7 Å². The molecule has 0 aliphatic rings. The highest BCUT2D eigenvalue weighted by atomic mass is 32.1. The third kappa shape index (κ3) is 3.38. The van der Waals surface area contributed by atoms with Crippen molar-refractivity contribution in [2.75, 3.05) is 0 Å². The summed E-state index contributed by atoms with van der Waals surface area (Å²) in [7, 11) is 0. The van der Waals surface area contributed by atoms with Crippen molar-refractivity contribution >= 4 is 11.5 Å². The van der Waals surface area contributed by atoms with Gasteiger partial charge in [-0.2, -0.15) is 4.37 Å². The fourth-order valence-electron chi connectivity index (χ4n) is 1.56. The van der Waals surface area contributed by atoms with E-state index in [1.165, 1.54) is 16.0 Å². The highest BCUT2D eigenvalue weighted by Gasteiger charge is 2.04. The molecule has 1 aromatic carbocycles. The van der Waals surface area contributed by atoms with Crippen LogP contribution in [0.25, 0.3) is 11.3 Å². The lowest BCUT2D eigenvalue weighted by Crippen LogP contribution is -2.21. The highest BCUT2D eigenvalue weighted by molar-refractivity contribution is 7.06. The number of rotatable bonds is 4. The third-order valence-corrected chi connectivity index (χ3v) is 3.38. The Bertz CT molecular complexity index is 471. The van der Waals surface area contributed by atoms with Crippen molar-refractivity contribution in [1.82, 2.24) is 9.69 Å². The Morgan fingerprint density at radius 2 is 1.94 bits per heavy atom. The lowest BCUT2D eigenvalue weighted by atomic mass is 10.1. The molecule has 2 aromatic rings. The van der Waals surface area contributed by atoms with Crippen LogP contribution in [0.15, 0.2) is 30.3 Å². The zero-order chi connectivity index (χ0) is 12.3. The summed E-state index contributed by atoms with van der Waals surface area (Å²) in [5.74, 6) is 0. The molecule has 0 amide bonds. The van der Waals surface area contributed by atoms with Crippen LogP contribution in [0.2, 0.25) is 0 Å². The van der Waals surface area contributed by atoms with Gasteiger partial charge in [-0.15, -0.1) is 0 Å². The van der Waals surface area contributed by atoms with E-state index in [0.29, 0.717) is 6.04 Å². The van der Waals surface area contributed by atoms with Gasteiger partial charge in [0.2, 0.25) is 0 Å². The van der Waals surface area contributed by atoms with E-state index in [1.807, 2.05) is 0 Å². The minimum absolute atomic E-state index is 0.514. The largest absolute Gasteiger partial charge is 0.310 e. The second-order valence-electron chi connectivity index (χ2n) is 4.58. The predicted molar refractivity (Wildman–Crippen MR) is 74.3 cm³/mol. The Hall–Kier alpha value is -1.19. The van der Waals surface area contributed by atoms with Crippen molar-refractivity contribution in [3.63, 3.8) is 0 Å². The molecular formula is C14H18N2S. The van der Waals surface area contributed by atoms with Crippen molar-refractivity contribution in [2.24, 2.45) is 0 Å².